The number of halogens is 1. The molecule has 0 fully saturated rings. The summed E-state index contributed by atoms with van der Waals surface area (Å²) in [5.41, 5.74) is 0.467. The predicted octanol–water partition coefficient (Wildman–Crippen LogP) is 3.20. The van der Waals surface area contributed by atoms with E-state index in [2.05, 4.69) is 21.2 Å². The molecule has 5 nitrogen and oxygen atoms in total. The zero-order valence-electron chi connectivity index (χ0n) is 12.0. The Morgan fingerprint density at radius 3 is 2.60 bits per heavy atom. The largest absolute Gasteiger partial charge is 0.480 e. The lowest BCUT2D eigenvalue weighted by molar-refractivity contribution is -0.139. The summed E-state index contributed by atoms with van der Waals surface area (Å²) >= 11 is 3.34. The highest BCUT2D eigenvalue weighted by Gasteiger charge is 2.22. The van der Waals surface area contributed by atoms with Crippen molar-refractivity contribution in [1.29, 1.82) is 0 Å². The lowest BCUT2D eigenvalue weighted by Gasteiger charge is -2.16. The summed E-state index contributed by atoms with van der Waals surface area (Å²) in [6, 6.07) is 0.992. The number of nitrogens with zero attached hydrogens (tertiary/aromatic N) is 1. The SMILES string of the molecule is CCCC[C@H](NC(=O)c1cc(Br)cn1C(C)C)C(=O)O. The highest BCUT2D eigenvalue weighted by molar-refractivity contribution is 9.10. The number of carboxylic acids is 1. The van der Waals surface area contributed by atoms with Crippen LogP contribution in [0.25, 0.3) is 0 Å². The van der Waals surface area contributed by atoms with Crippen LogP contribution < -0.4 is 5.32 Å². The van der Waals surface area contributed by atoms with Crippen LogP contribution in [0.2, 0.25) is 0 Å². The molecule has 6 heteroatoms. The molecule has 1 atom stereocenters. The molecule has 0 aliphatic heterocycles. The molecule has 1 rings (SSSR count). The summed E-state index contributed by atoms with van der Waals surface area (Å²) in [6.45, 7) is 5.92. The van der Waals surface area contributed by atoms with Crippen LogP contribution in [-0.2, 0) is 4.79 Å². The topological polar surface area (TPSA) is 71.3 Å². The molecule has 0 saturated heterocycles. The first-order valence-corrected chi connectivity index (χ1v) is 7.57. The Bertz CT molecular complexity index is 483. The molecule has 1 aromatic heterocycles. The first-order valence-electron chi connectivity index (χ1n) is 6.77. The van der Waals surface area contributed by atoms with Crippen molar-refractivity contribution in [3.8, 4) is 0 Å². The molecule has 0 bridgehead atoms. The summed E-state index contributed by atoms with van der Waals surface area (Å²) < 4.78 is 2.62. The number of carbonyl (C=O) groups is 2. The van der Waals surface area contributed by atoms with E-state index < -0.39 is 12.0 Å². The summed E-state index contributed by atoms with van der Waals surface area (Å²) in [7, 11) is 0. The number of nitrogens with one attached hydrogen (secondary N) is 1. The van der Waals surface area contributed by atoms with Crippen LogP contribution in [0.4, 0.5) is 0 Å². The van der Waals surface area contributed by atoms with E-state index in [0.717, 1.165) is 17.3 Å². The lowest BCUT2D eigenvalue weighted by atomic mass is 10.1. The van der Waals surface area contributed by atoms with Gasteiger partial charge in [0.15, 0.2) is 0 Å². The maximum atomic E-state index is 12.2. The van der Waals surface area contributed by atoms with E-state index in [-0.39, 0.29) is 11.9 Å². The van der Waals surface area contributed by atoms with Gasteiger partial charge < -0.3 is 15.0 Å². The zero-order chi connectivity index (χ0) is 15.3. The molecule has 20 heavy (non-hydrogen) atoms. The minimum absolute atomic E-state index is 0.126. The third-order valence-corrected chi connectivity index (χ3v) is 3.49. The van der Waals surface area contributed by atoms with E-state index in [0.29, 0.717) is 12.1 Å². The van der Waals surface area contributed by atoms with Gasteiger partial charge in [-0.15, -0.1) is 0 Å². The van der Waals surface area contributed by atoms with E-state index >= 15 is 0 Å². The highest BCUT2D eigenvalue weighted by atomic mass is 79.9. The summed E-state index contributed by atoms with van der Waals surface area (Å²) in [4.78, 5) is 23.4. The van der Waals surface area contributed by atoms with Gasteiger partial charge in [0.1, 0.15) is 11.7 Å². The normalized spacial score (nSPS) is 12.4. The van der Waals surface area contributed by atoms with E-state index in [1.54, 1.807) is 6.07 Å². The number of rotatable bonds is 7. The Morgan fingerprint density at radius 2 is 2.10 bits per heavy atom. The number of aliphatic carboxylic acids is 1. The maximum Gasteiger partial charge on any atom is 0.326 e. The van der Waals surface area contributed by atoms with Crippen LogP contribution in [-0.4, -0.2) is 27.6 Å². The molecule has 2 N–H and O–H groups in total. The Morgan fingerprint density at radius 1 is 1.45 bits per heavy atom. The van der Waals surface area contributed by atoms with Crippen LogP contribution in [0.15, 0.2) is 16.7 Å². The van der Waals surface area contributed by atoms with E-state index in [9.17, 15) is 9.59 Å². The second-order valence-corrected chi connectivity index (χ2v) is 5.97. The van der Waals surface area contributed by atoms with Crippen molar-refractivity contribution in [3.05, 3.63) is 22.4 Å². The molecule has 112 valence electrons. The molecule has 1 aromatic rings. The average Bonchev–Trinajstić information content (AvgIpc) is 2.76. The van der Waals surface area contributed by atoms with Crippen LogP contribution in [0.3, 0.4) is 0 Å². The number of carboxylic acid groups (broad SMARTS) is 1. The first kappa shape index (κ1) is 16.8. The Kier molecular flexibility index (Phi) is 6.26. The number of hydrogen-bond acceptors (Lipinski definition) is 2. The summed E-state index contributed by atoms with van der Waals surface area (Å²) in [5.74, 6) is -1.35. The van der Waals surface area contributed by atoms with Gasteiger partial charge >= 0.3 is 5.97 Å². The van der Waals surface area contributed by atoms with Crippen molar-refractivity contribution >= 4 is 27.8 Å². The number of amides is 1. The fraction of sp³-hybridized carbons (Fsp3) is 0.571. The standard InChI is InChI=1S/C14H21BrN2O3/c1-4-5-6-11(14(19)20)16-13(18)12-7-10(15)8-17(12)9(2)3/h7-9,11H,4-6H2,1-3H3,(H,16,18)(H,19,20)/t11-/m0/s1. The molecule has 0 aromatic carbocycles. The Labute approximate surface area is 127 Å². The molecule has 0 aliphatic carbocycles. The van der Waals surface area contributed by atoms with E-state index in [4.69, 9.17) is 5.11 Å². The molecule has 0 aliphatic rings. The van der Waals surface area contributed by atoms with Gasteiger partial charge in [0.05, 0.1) is 0 Å². The molecule has 1 heterocycles. The second kappa shape index (κ2) is 7.47. The number of hydrogen-bond donors (Lipinski definition) is 2. The van der Waals surface area contributed by atoms with Gasteiger partial charge in [-0.3, -0.25) is 4.79 Å². The molecular weight excluding hydrogens is 324 g/mol. The van der Waals surface area contributed by atoms with Crippen molar-refractivity contribution < 1.29 is 14.7 Å². The van der Waals surface area contributed by atoms with Crippen molar-refractivity contribution in [2.24, 2.45) is 0 Å². The number of unbranched alkanes of at least 4 members (excludes halogenated alkanes) is 1. The third-order valence-electron chi connectivity index (χ3n) is 3.05. The number of carbonyl (C=O) groups excluding carboxylic acids is 1. The van der Waals surface area contributed by atoms with E-state index in [1.165, 1.54) is 0 Å². The lowest BCUT2D eigenvalue weighted by Crippen LogP contribution is -2.41. The molecule has 0 saturated carbocycles. The minimum atomic E-state index is -0.992. The Hall–Kier alpha value is -1.30. The zero-order valence-corrected chi connectivity index (χ0v) is 13.6. The van der Waals surface area contributed by atoms with Crippen molar-refractivity contribution in [3.63, 3.8) is 0 Å². The van der Waals surface area contributed by atoms with Crippen molar-refractivity contribution in [2.45, 2.75) is 52.1 Å². The first-order chi connectivity index (χ1) is 9.36. The van der Waals surface area contributed by atoms with Crippen molar-refractivity contribution in [2.75, 3.05) is 0 Å². The minimum Gasteiger partial charge on any atom is -0.480 e. The fourth-order valence-corrected chi connectivity index (χ4v) is 2.39. The van der Waals surface area contributed by atoms with Gasteiger partial charge in [-0.2, -0.15) is 0 Å². The monoisotopic (exact) mass is 344 g/mol. The van der Waals surface area contributed by atoms with Gasteiger partial charge in [-0.05, 0) is 42.3 Å². The van der Waals surface area contributed by atoms with Crippen LogP contribution in [0.5, 0.6) is 0 Å². The third kappa shape index (κ3) is 4.37. The molecular formula is C14H21BrN2O3. The fourth-order valence-electron chi connectivity index (χ4n) is 1.95. The van der Waals surface area contributed by atoms with Gasteiger partial charge in [-0.1, -0.05) is 19.8 Å². The molecule has 1 amide bonds. The van der Waals surface area contributed by atoms with Gasteiger partial charge in [0, 0.05) is 16.7 Å². The van der Waals surface area contributed by atoms with Crippen LogP contribution >= 0.6 is 15.9 Å². The predicted molar refractivity (Wildman–Crippen MR) is 80.9 cm³/mol. The van der Waals surface area contributed by atoms with Crippen molar-refractivity contribution in [1.82, 2.24) is 9.88 Å². The van der Waals surface area contributed by atoms with Gasteiger partial charge in [0.2, 0.25) is 0 Å². The molecule has 0 spiro atoms. The smallest absolute Gasteiger partial charge is 0.326 e. The van der Waals surface area contributed by atoms with E-state index in [1.807, 2.05) is 31.5 Å². The Balaban J connectivity index is 2.86. The van der Waals surface area contributed by atoms with Gasteiger partial charge in [0.25, 0.3) is 5.91 Å². The quantitative estimate of drug-likeness (QED) is 0.797. The molecule has 0 unspecified atom stereocenters. The van der Waals surface area contributed by atoms with Crippen LogP contribution in [0.1, 0.15) is 56.6 Å². The maximum absolute atomic E-state index is 12.2. The van der Waals surface area contributed by atoms with Gasteiger partial charge in [-0.25, -0.2) is 4.79 Å². The average molecular weight is 345 g/mol. The summed E-state index contributed by atoms with van der Waals surface area (Å²) in [6.07, 6.45) is 3.93. The number of aromatic nitrogens is 1. The second-order valence-electron chi connectivity index (χ2n) is 5.05. The summed E-state index contributed by atoms with van der Waals surface area (Å²) in [5, 5.41) is 11.7. The highest BCUT2D eigenvalue weighted by Crippen LogP contribution is 2.19. The molecule has 0 radical (unpaired) electrons. The van der Waals surface area contributed by atoms with Crippen LogP contribution in [0, 0.1) is 0 Å².